The molecule has 0 radical (unpaired) electrons. The quantitative estimate of drug-likeness (QED) is 0.459. The number of nitrogens with zero attached hydrogens (tertiary/aromatic N) is 2. The molecular weight excluding hydrogens is 382 g/mol. The third-order valence-corrected chi connectivity index (χ3v) is 5.01. The summed E-state index contributed by atoms with van der Waals surface area (Å²) in [5.41, 5.74) is 2.61. The van der Waals surface area contributed by atoms with E-state index in [0.29, 0.717) is 15.6 Å². The molecule has 1 heterocycles. The van der Waals surface area contributed by atoms with Gasteiger partial charge in [0.1, 0.15) is 0 Å². The summed E-state index contributed by atoms with van der Waals surface area (Å²) in [6.45, 7) is 3.87. The Bertz CT molecular complexity index is 1030. The number of rotatable bonds is 4. The predicted octanol–water partition coefficient (Wildman–Crippen LogP) is 3.82. The minimum Gasteiger partial charge on any atom is -0.500 e. The van der Waals surface area contributed by atoms with Gasteiger partial charge in [0.05, 0.1) is 22.6 Å². The van der Waals surface area contributed by atoms with E-state index in [1.54, 1.807) is 0 Å². The predicted molar refractivity (Wildman–Crippen MR) is 108 cm³/mol. The highest BCUT2D eigenvalue weighted by Crippen LogP contribution is 2.38. The summed E-state index contributed by atoms with van der Waals surface area (Å²) < 4.78 is 4.98. The summed E-state index contributed by atoms with van der Waals surface area (Å²) in [5.74, 6) is -0.964. The van der Waals surface area contributed by atoms with Crippen LogP contribution in [0, 0.1) is 24.0 Å². The lowest BCUT2D eigenvalue weighted by atomic mass is 10.1. The normalized spacial score (nSPS) is 16.5. The van der Waals surface area contributed by atoms with Gasteiger partial charge in [-0.3, -0.25) is 14.9 Å². The van der Waals surface area contributed by atoms with Gasteiger partial charge in [0.2, 0.25) is 5.75 Å². The van der Waals surface area contributed by atoms with Gasteiger partial charge in [0.25, 0.3) is 5.91 Å². The van der Waals surface area contributed by atoms with Crippen LogP contribution >= 0.6 is 11.8 Å². The maximum atomic E-state index is 12.3. The average molecular weight is 399 g/mol. The number of aliphatic imine (C=N–C) groups is 1. The number of nitro groups is 1. The average Bonchev–Trinajstić information content (AvgIpc) is 2.98. The molecule has 8 nitrogen and oxygen atoms in total. The molecular formula is C19H17N3O5S. The molecule has 0 saturated carbocycles. The lowest BCUT2D eigenvalue weighted by Crippen LogP contribution is -2.19. The van der Waals surface area contributed by atoms with E-state index < -0.39 is 16.4 Å². The number of thioether (sulfide) groups is 1. The molecule has 9 heteroatoms. The fraction of sp³-hybridized carbons (Fsp3) is 0.158. The smallest absolute Gasteiger partial charge is 0.315 e. The Labute approximate surface area is 165 Å². The van der Waals surface area contributed by atoms with Crippen LogP contribution < -0.4 is 10.1 Å². The van der Waals surface area contributed by atoms with Crippen molar-refractivity contribution in [1.82, 2.24) is 5.32 Å². The van der Waals surface area contributed by atoms with E-state index in [0.717, 1.165) is 28.6 Å². The minimum atomic E-state index is -0.713. The van der Waals surface area contributed by atoms with Crippen LogP contribution in [0.25, 0.3) is 6.08 Å². The molecule has 0 aromatic heterocycles. The SMILES string of the molecule is COc1cc(/C=C2\SC(=Nc3c(C)cccc3C)NC2=O)cc([N+](=O)[O-])c1O. The summed E-state index contributed by atoms with van der Waals surface area (Å²) in [4.78, 5) is 27.6. The van der Waals surface area contributed by atoms with Crippen LogP contribution in [-0.4, -0.2) is 28.2 Å². The van der Waals surface area contributed by atoms with E-state index in [-0.39, 0.29) is 11.7 Å². The van der Waals surface area contributed by atoms with E-state index in [4.69, 9.17) is 4.74 Å². The number of aromatic hydroxyl groups is 1. The Morgan fingerprint density at radius 3 is 2.57 bits per heavy atom. The monoisotopic (exact) mass is 399 g/mol. The zero-order valence-corrected chi connectivity index (χ0v) is 16.2. The molecule has 1 amide bonds. The second kappa shape index (κ2) is 7.73. The maximum Gasteiger partial charge on any atom is 0.315 e. The number of para-hydroxylation sites is 1. The van der Waals surface area contributed by atoms with Crippen LogP contribution in [0.1, 0.15) is 16.7 Å². The molecule has 0 bridgehead atoms. The molecule has 0 aliphatic carbocycles. The summed E-state index contributed by atoms with van der Waals surface area (Å²) in [7, 11) is 1.29. The van der Waals surface area contributed by atoms with Crippen LogP contribution in [0.3, 0.4) is 0 Å². The van der Waals surface area contributed by atoms with E-state index in [9.17, 15) is 20.0 Å². The standard InChI is InChI=1S/C19H17N3O5S/c1-10-5-4-6-11(2)16(10)20-19-21-18(24)15(28-19)9-12-7-13(22(25)26)17(23)14(8-12)27-3/h4-9,23H,1-3H3,(H,20,21,24)/b15-9-. The molecule has 0 atom stereocenters. The number of phenols is 1. The van der Waals surface area contributed by atoms with Crippen molar-refractivity contribution in [3.63, 3.8) is 0 Å². The summed E-state index contributed by atoms with van der Waals surface area (Å²) in [6.07, 6.45) is 1.49. The maximum absolute atomic E-state index is 12.3. The first-order valence-electron chi connectivity index (χ1n) is 8.21. The fourth-order valence-corrected chi connectivity index (χ4v) is 3.54. The summed E-state index contributed by atoms with van der Waals surface area (Å²) >= 11 is 1.14. The van der Waals surface area contributed by atoms with Gasteiger partial charge in [0.15, 0.2) is 10.9 Å². The van der Waals surface area contributed by atoms with Gasteiger partial charge in [-0.2, -0.15) is 0 Å². The molecule has 2 aromatic rings. The van der Waals surface area contributed by atoms with Gasteiger partial charge < -0.3 is 15.2 Å². The van der Waals surface area contributed by atoms with Crippen molar-refractivity contribution in [1.29, 1.82) is 0 Å². The number of carbonyl (C=O) groups excluding carboxylic acids is 1. The van der Waals surface area contributed by atoms with Gasteiger partial charge in [-0.15, -0.1) is 0 Å². The molecule has 1 aliphatic heterocycles. The number of methoxy groups -OCH3 is 1. The first-order valence-corrected chi connectivity index (χ1v) is 9.03. The van der Waals surface area contributed by atoms with E-state index in [2.05, 4.69) is 10.3 Å². The number of amidine groups is 1. The highest BCUT2D eigenvalue weighted by Gasteiger charge is 2.25. The van der Waals surface area contributed by atoms with Crippen molar-refractivity contribution >= 4 is 40.3 Å². The Morgan fingerprint density at radius 1 is 1.29 bits per heavy atom. The van der Waals surface area contributed by atoms with Crippen molar-refractivity contribution in [2.45, 2.75) is 13.8 Å². The Kier molecular flexibility index (Phi) is 5.36. The second-order valence-electron chi connectivity index (χ2n) is 6.07. The van der Waals surface area contributed by atoms with E-state index in [1.807, 2.05) is 32.0 Å². The molecule has 2 aromatic carbocycles. The molecule has 1 aliphatic rings. The van der Waals surface area contributed by atoms with Crippen molar-refractivity contribution in [3.05, 3.63) is 62.0 Å². The number of nitro benzene ring substituents is 1. The van der Waals surface area contributed by atoms with Crippen LogP contribution in [0.2, 0.25) is 0 Å². The number of hydrogen-bond acceptors (Lipinski definition) is 7. The lowest BCUT2D eigenvalue weighted by Gasteiger charge is -2.05. The van der Waals surface area contributed by atoms with E-state index in [1.165, 1.54) is 25.3 Å². The van der Waals surface area contributed by atoms with Gasteiger partial charge >= 0.3 is 5.69 Å². The lowest BCUT2D eigenvalue weighted by molar-refractivity contribution is -0.386. The Balaban J connectivity index is 1.96. The number of aryl methyl sites for hydroxylation is 2. The van der Waals surface area contributed by atoms with Crippen molar-refractivity contribution in [3.8, 4) is 11.5 Å². The van der Waals surface area contributed by atoms with Gasteiger partial charge in [-0.05, 0) is 54.4 Å². The molecule has 144 valence electrons. The zero-order chi connectivity index (χ0) is 20.4. The van der Waals surface area contributed by atoms with Crippen LogP contribution in [-0.2, 0) is 4.79 Å². The minimum absolute atomic E-state index is 0.0473. The molecule has 0 unspecified atom stereocenters. The topological polar surface area (TPSA) is 114 Å². The van der Waals surface area contributed by atoms with Crippen LogP contribution in [0.4, 0.5) is 11.4 Å². The van der Waals surface area contributed by atoms with Gasteiger partial charge in [-0.1, -0.05) is 18.2 Å². The molecule has 3 rings (SSSR count). The molecule has 0 spiro atoms. The highest BCUT2D eigenvalue weighted by atomic mass is 32.2. The third kappa shape index (κ3) is 3.84. The van der Waals surface area contributed by atoms with Crippen LogP contribution in [0.15, 0.2) is 40.2 Å². The van der Waals surface area contributed by atoms with Crippen molar-refractivity contribution < 1.29 is 19.6 Å². The van der Waals surface area contributed by atoms with E-state index >= 15 is 0 Å². The van der Waals surface area contributed by atoms with Gasteiger partial charge in [0, 0.05) is 6.07 Å². The first kappa shape index (κ1) is 19.4. The number of benzene rings is 2. The zero-order valence-electron chi connectivity index (χ0n) is 15.3. The molecule has 28 heavy (non-hydrogen) atoms. The number of carbonyl (C=O) groups is 1. The Hall–Kier alpha value is -3.33. The summed E-state index contributed by atoms with van der Waals surface area (Å²) in [6, 6.07) is 8.41. The van der Waals surface area contributed by atoms with Crippen LogP contribution in [0.5, 0.6) is 11.5 Å². The highest BCUT2D eigenvalue weighted by molar-refractivity contribution is 8.18. The number of amides is 1. The van der Waals surface area contributed by atoms with Crippen molar-refractivity contribution in [2.24, 2.45) is 4.99 Å². The summed E-state index contributed by atoms with van der Waals surface area (Å²) in [5, 5.41) is 24.1. The third-order valence-electron chi connectivity index (χ3n) is 4.10. The fourth-order valence-electron chi connectivity index (χ4n) is 2.71. The Morgan fingerprint density at radius 2 is 1.96 bits per heavy atom. The second-order valence-corrected chi connectivity index (χ2v) is 7.10. The number of hydrogen-bond donors (Lipinski definition) is 2. The molecule has 1 saturated heterocycles. The molecule has 1 fully saturated rings. The first-order chi connectivity index (χ1) is 13.3. The van der Waals surface area contributed by atoms with Crippen molar-refractivity contribution in [2.75, 3.05) is 7.11 Å². The number of ether oxygens (including phenoxy) is 1. The van der Waals surface area contributed by atoms with Gasteiger partial charge in [-0.25, -0.2) is 4.99 Å². The molecule has 2 N–H and O–H groups in total. The number of nitrogens with one attached hydrogen (secondary N) is 1. The largest absolute Gasteiger partial charge is 0.500 e. The number of phenolic OH excluding ortho intramolecular Hbond substituents is 1.